The first-order valence-electron chi connectivity index (χ1n) is 9.17. The molecule has 10 heteroatoms. The molecular formula is C21H16ClN5O3S. The highest BCUT2D eigenvalue weighted by Gasteiger charge is 2.18. The van der Waals surface area contributed by atoms with E-state index in [1.807, 2.05) is 42.5 Å². The first-order valence-corrected chi connectivity index (χ1v) is 10.4. The molecule has 8 nitrogen and oxygen atoms in total. The van der Waals surface area contributed by atoms with Gasteiger partial charge in [0.2, 0.25) is 11.0 Å². The number of nitrogens with zero attached hydrogens (tertiary/aromatic N) is 4. The molecule has 0 saturated carbocycles. The van der Waals surface area contributed by atoms with E-state index in [2.05, 4.69) is 25.5 Å². The fourth-order valence-electron chi connectivity index (χ4n) is 2.70. The maximum atomic E-state index is 12.6. The van der Waals surface area contributed by atoms with Crippen molar-refractivity contribution in [3.05, 3.63) is 83.3 Å². The van der Waals surface area contributed by atoms with E-state index in [0.29, 0.717) is 10.1 Å². The Kier molecular flexibility index (Phi) is 6.46. The summed E-state index contributed by atoms with van der Waals surface area (Å²) in [6.07, 6.45) is 4.04. The zero-order chi connectivity index (χ0) is 21.6. The summed E-state index contributed by atoms with van der Waals surface area (Å²) in [5.41, 5.74) is 1.88. The van der Waals surface area contributed by atoms with Gasteiger partial charge < -0.3 is 9.84 Å². The lowest BCUT2D eigenvalue weighted by molar-refractivity contribution is 0.102. The smallest absolute Gasteiger partial charge is 0.259 e. The number of hydrogen-bond acceptors (Lipinski definition) is 8. The lowest BCUT2D eigenvalue weighted by atomic mass is 10.1. The summed E-state index contributed by atoms with van der Waals surface area (Å²) in [7, 11) is 0. The Morgan fingerprint density at radius 1 is 1.16 bits per heavy atom. The molecule has 1 aromatic carbocycles. The van der Waals surface area contributed by atoms with Crippen LogP contribution in [0.15, 0.2) is 67.1 Å². The standard InChI is InChI=1S/C21H16ClN5O3S/c22-16-10-15(11-24-19(16)30-17(12-28)13-4-2-1-3-5-13)18(29)25-21-27-26-20(31-21)14-6-8-23-9-7-14/h1-11,17,28H,12H2,(H,25,27,29)/t17-/m0/s1. The summed E-state index contributed by atoms with van der Waals surface area (Å²) in [5, 5.41) is 21.6. The van der Waals surface area contributed by atoms with Crippen molar-refractivity contribution < 1.29 is 14.6 Å². The summed E-state index contributed by atoms with van der Waals surface area (Å²) in [6, 6.07) is 14.3. The molecule has 3 heterocycles. The van der Waals surface area contributed by atoms with E-state index in [9.17, 15) is 9.90 Å². The van der Waals surface area contributed by atoms with Crippen LogP contribution in [0.4, 0.5) is 5.13 Å². The monoisotopic (exact) mass is 453 g/mol. The van der Waals surface area contributed by atoms with Gasteiger partial charge in [0.05, 0.1) is 12.2 Å². The van der Waals surface area contributed by atoms with Crippen molar-refractivity contribution in [2.75, 3.05) is 11.9 Å². The topological polar surface area (TPSA) is 110 Å². The number of aliphatic hydroxyl groups is 1. The Morgan fingerprint density at radius 2 is 1.94 bits per heavy atom. The summed E-state index contributed by atoms with van der Waals surface area (Å²) in [5.74, 6) is -0.308. The van der Waals surface area contributed by atoms with Gasteiger partial charge in [0, 0.05) is 24.2 Å². The van der Waals surface area contributed by atoms with Crippen molar-refractivity contribution in [2.24, 2.45) is 0 Å². The molecule has 0 saturated heterocycles. The van der Waals surface area contributed by atoms with Gasteiger partial charge in [-0.3, -0.25) is 15.1 Å². The van der Waals surface area contributed by atoms with Gasteiger partial charge in [-0.15, -0.1) is 10.2 Å². The second-order valence-electron chi connectivity index (χ2n) is 6.31. The number of hydrogen-bond donors (Lipinski definition) is 2. The number of benzene rings is 1. The molecule has 31 heavy (non-hydrogen) atoms. The van der Waals surface area contributed by atoms with Crippen LogP contribution >= 0.6 is 22.9 Å². The number of carbonyl (C=O) groups excluding carboxylic acids is 1. The normalized spacial score (nSPS) is 11.7. The van der Waals surface area contributed by atoms with Crippen molar-refractivity contribution >= 4 is 34.0 Å². The summed E-state index contributed by atoms with van der Waals surface area (Å²) < 4.78 is 5.74. The van der Waals surface area contributed by atoms with E-state index in [4.69, 9.17) is 16.3 Å². The molecule has 1 atom stereocenters. The van der Waals surface area contributed by atoms with Crippen molar-refractivity contribution in [3.63, 3.8) is 0 Å². The maximum Gasteiger partial charge on any atom is 0.259 e. The van der Waals surface area contributed by atoms with Gasteiger partial charge in [-0.05, 0) is 23.8 Å². The zero-order valence-corrected chi connectivity index (χ0v) is 17.5. The zero-order valence-electron chi connectivity index (χ0n) is 16.0. The molecule has 0 aliphatic heterocycles. The minimum absolute atomic E-state index is 0.122. The first-order chi connectivity index (χ1) is 15.1. The Labute approximate surface area is 186 Å². The molecule has 0 bridgehead atoms. The van der Waals surface area contributed by atoms with Crippen LogP contribution in [0.2, 0.25) is 5.02 Å². The van der Waals surface area contributed by atoms with Gasteiger partial charge >= 0.3 is 0 Å². The molecule has 0 unspecified atom stereocenters. The number of anilines is 1. The fourth-order valence-corrected chi connectivity index (χ4v) is 3.66. The van der Waals surface area contributed by atoms with E-state index in [-0.39, 0.29) is 23.1 Å². The Morgan fingerprint density at radius 3 is 2.65 bits per heavy atom. The second-order valence-corrected chi connectivity index (χ2v) is 7.70. The molecular weight excluding hydrogens is 438 g/mol. The molecule has 0 radical (unpaired) electrons. The second kappa shape index (κ2) is 9.61. The van der Waals surface area contributed by atoms with Crippen LogP contribution in [0.5, 0.6) is 5.88 Å². The largest absolute Gasteiger partial charge is 0.466 e. The number of rotatable bonds is 7. The number of halogens is 1. The van der Waals surface area contributed by atoms with Crippen LogP contribution in [0.25, 0.3) is 10.6 Å². The highest BCUT2D eigenvalue weighted by molar-refractivity contribution is 7.18. The van der Waals surface area contributed by atoms with Gasteiger partial charge in [-0.25, -0.2) is 4.98 Å². The predicted molar refractivity (Wildman–Crippen MR) is 117 cm³/mol. The SMILES string of the molecule is O=C(Nc1nnc(-c2ccncc2)s1)c1cnc(O[C@@H](CO)c2ccccc2)c(Cl)c1. The summed E-state index contributed by atoms with van der Waals surface area (Å²) in [6.45, 7) is -0.249. The van der Waals surface area contributed by atoms with E-state index in [0.717, 1.165) is 11.1 Å². The van der Waals surface area contributed by atoms with E-state index >= 15 is 0 Å². The molecule has 1 amide bonds. The number of nitrogens with one attached hydrogen (secondary N) is 1. The molecule has 4 rings (SSSR count). The molecule has 0 aliphatic rings. The first kappa shape index (κ1) is 20.9. The number of aromatic nitrogens is 4. The molecule has 0 aliphatic carbocycles. The number of amides is 1. The minimum atomic E-state index is -0.626. The number of ether oxygens (including phenoxy) is 1. The average molecular weight is 454 g/mol. The lowest BCUT2D eigenvalue weighted by Crippen LogP contribution is -2.15. The van der Waals surface area contributed by atoms with Crippen LogP contribution in [0, 0.1) is 0 Å². The van der Waals surface area contributed by atoms with Gasteiger partial charge in [-0.2, -0.15) is 0 Å². The van der Waals surface area contributed by atoms with Gasteiger partial charge in [-0.1, -0.05) is 53.3 Å². The van der Waals surface area contributed by atoms with Crippen LogP contribution in [0.3, 0.4) is 0 Å². The lowest BCUT2D eigenvalue weighted by Gasteiger charge is -2.17. The fraction of sp³-hybridized carbons (Fsp3) is 0.0952. The predicted octanol–water partition coefficient (Wildman–Crippen LogP) is 4.01. The van der Waals surface area contributed by atoms with Crippen LogP contribution in [0.1, 0.15) is 22.0 Å². The quantitative estimate of drug-likeness (QED) is 0.435. The molecule has 0 spiro atoms. The molecule has 3 aromatic heterocycles. The van der Waals surface area contributed by atoms with E-state index in [1.165, 1.54) is 23.6 Å². The number of aliphatic hydroxyl groups excluding tert-OH is 1. The molecule has 0 fully saturated rings. The van der Waals surface area contributed by atoms with Gasteiger partial charge in [0.1, 0.15) is 16.1 Å². The van der Waals surface area contributed by atoms with E-state index in [1.54, 1.807) is 12.4 Å². The Hall–Kier alpha value is -3.40. The maximum absolute atomic E-state index is 12.6. The summed E-state index contributed by atoms with van der Waals surface area (Å²) >= 11 is 7.51. The van der Waals surface area contributed by atoms with Gasteiger partial charge in [0.25, 0.3) is 5.91 Å². The van der Waals surface area contributed by atoms with Crippen LogP contribution in [-0.2, 0) is 0 Å². The Bertz CT molecular complexity index is 1170. The van der Waals surface area contributed by atoms with Crippen molar-refractivity contribution in [3.8, 4) is 16.5 Å². The number of pyridine rings is 2. The third-order valence-electron chi connectivity index (χ3n) is 4.23. The van der Waals surface area contributed by atoms with Crippen LogP contribution in [-0.4, -0.2) is 37.8 Å². The highest BCUT2D eigenvalue weighted by atomic mass is 35.5. The Balaban J connectivity index is 1.45. The van der Waals surface area contributed by atoms with Crippen molar-refractivity contribution in [1.29, 1.82) is 0 Å². The highest BCUT2D eigenvalue weighted by Crippen LogP contribution is 2.29. The minimum Gasteiger partial charge on any atom is -0.466 e. The summed E-state index contributed by atoms with van der Waals surface area (Å²) in [4.78, 5) is 20.7. The van der Waals surface area contributed by atoms with Crippen molar-refractivity contribution in [1.82, 2.24) is 20.2 Å². The molecule has 4 aromatic rings. The molecule has 156 valence electrons. The molecule has 2 N–H and O–H groups in total. The van der Waals surface area contributed by atoms with Crippen molar-refractivity contribution in [2.45, 2.75) is 6.10 Å². The third-order valence-corrected chi connectivity index (χ3v) is 5.39. The average Bonchev–Trinajstić information content (AvgIpc) is 3.28. The van der Waals surface area contributed by atoms with E-state index < -0.39 is 12.0 Å². The van der Waals surface area contributed by atoms with Gasteiger partial charge in [0.15, 0.2) is 0 Å². The number of carbonyl (C=O) groups is 1. The van der Waals surface area contributed by atoms with Crippen LogP contribution < -0.4 is 10.1 Å². The third kappa shape index (κ3) is 5.02.